The molecule has 0 aromatic rings. The summed E-state index contributed by atoms with van der Waals surface area (Å²) in [4.78, 5) is 10.3. The molecule has 0 heterocycles. The lowest BCUT2D eigenvalue weighted by atomic mass is 10.1. The SMILES string of the molecule is CCC(C)C=CCOC(C)=O. The second-order valence-corrected chi connectivity index (χ2v) is 2.62. The fourth-order valence-corrected chi connectivity index (χ4v) is 0.589. The Morgan fingerprint density at radius 2 is 2.27 bits per heavy atom. The maximum absolute atomic E-state index is 10.3. The third kappa shape index (κ3) is 7.10. The van der Waals surface area contributed by atoms with Crippen molar-refractivity contribution < 1.29 is 9.53 Å². The van der Waals surface area contributed by atoms with Crippen LogP contribution in [0.4, 0.5) is 0 Å². The highest BCUT2D eigenvalue weighted by Crippen LogP contribution is 2.01. The zero-order valence-electron chi connectivity index (χ0n) is 7.46. The van der Waals surface area contributed by atoms with Gasteiger partial charge in [0, 0.05) is 6.92 Å². The molecule has 1 atom stereocenters. The topological polar surface area (TPSA) is 26.3 Å². The van der Waals surface area contributed by atoms with E-state index in [2.05, 4.69) is 19.9 Å². The molecule has 0 aromatic carbocycles. The summed E-state index contributed by atoms with van der Waals surface area (Å²) in [5, 5.41) is 0. The van der Waals surface area contributed by atoms with Crippen molar-refractivity contribution in [2.45, 2.75) is 27.2 Å². The van der Waals surface area contributed by atoms with Crippen LogP contribution < -0.4 is 0 Å². The number of ether oxygens (including phenoxy) is 1. The molecular weight excluding hydrogens is 140 g/mol. The van der Waals surface area contributed by atoms with E-state index in [1.54, 1.807) is 0 Å². The number of hydrogen-bond acceptors (Lipinski definition) is 2. The fraction of sp³-hybridized carbons (Fsp3) is 0.667. The molecule has 0 radical (unpaired) electrons. The predicted octanol–water partition coefficient (Wildman–Crippen LogP) is 2.15. The van der Waals surface area contributed by atoms with Crippen molar-refractivity contribution in [2.24, 2.45) is 5.92 Å². The number of esters is 1. The van der Waals surface area contributed by atoms with Gasteiger partial charge in [-0.2, -0.15) is 0 Å². The van der Waals surface area contributed by atoms with Crippen LogP contribution in [0.2, 0.25) is 0 Å². The highest BCUT2D eigenvalue weighted by atomic mass is 16.5. The normalized spacial score (nSPS) is 13.4. The van der Waals surface area contributed by atoms with E-state index >= 15 is 0 Å². The Morgan fingerprint density at radius 1 is 1.64 bits per heavy atom. The summed E-state index contributed by atoms with van der Waals surface area (Å²) in [6.07, 6.45) is 5.06. The third-order valence-corrected chi connectivity index (χ3v) is 1.49. The van der Waals surface area contributed by atoms with Crippen molar-refractivity contribution in [1.82, 2.24) is 0 Å². The molecular formula is C9H16O2. The smallest absolute Gasteiger partial charge is 0.302 e. The van der Waals surface area contributed by atoms with Gasteiger partial charge < -0.3 is 4.74 Å². The summed E-state index contributed by atoms with van der Waals surface area (Å²) in [5.74, 6) is 0.351. The van der Waals surface area contributed by atoms with Crippen LogP contribution in [-0.4, -0.2) is 12.6 Å². The minimum absolute atomic E-state index is 0.223. The summed E-state index contributed by atoms with van der Waals surface area (Å²) in [5.41, 5.74) is 0. The van der Waals surface area contributed by atoms with Gasteiger partial charge in [-0.15, -0.1) is 0 Å². The maximum atomic E-state index is 10.3. The van der Waals surface area contributed by atoms with Crippen LogP contribution in [-0.2, 0) is 9.53 Å². The Hall–Kier alpha value is -0.790. The second-order valence-electron chi connectivity index (χ2n) is 2.62. The lowest BCUT2D eigenvalue weighted by Gasteiger charge is -1.99. The van der Waals surface area contributed by atoms with Gasteiger partial charge in [0.1, 0.15) is 6.61 Å². The minimum Gasteiger partial charge on any atom is -0.462 e. The average molecular weight is 156 g/mol. The zero-order chi connectivity index (χ0) is 8.69. The number of hydrogen-bond donors (Lipinski definition) is 0. The third-order valence-electron chi connectivity index (χ3n) is 1.49. The van der Waals surface area contributed by atoms with E-state index < -0.39 is 0 Å². The van der Waals surface area contributed by atoms with E-state index in [1.807, 2.05) is 6.08 Å². The van der Waals surface area contributed by atoms with Crippen LogP contribution in [0.3, 0.4) is 0 Å². The van der Waals surface area contributed by atoms with Gasteiger partial charge in [0.25, 0.3) is 0 Å². The Kier molecular flexibility index (Phi) is 5.53. The maximum Gasteiger partial charge on any atom is 0.302 e. The van der Waals surface area contributed by atoms with Gasteiger partial charge in [0.2, 0.25) is 0 Å². The van der Waals surface area contributed by atoms with Crippen molar-refractivity contribution in [3.63, 3.8) is 0 Å². The molecule has 0 aromatic heterocycles. The van der Waals surface area contributed by atoms with Gasteiger partial charge in [0.05, 0.1) is 0 Å². The van der Waals surface area contributed by atoms with Crippen LogP contribution >= 0.6 is 0 Å². The zero-order valence-corrected chi connectivity index (χ0v) is 7.46. The molecule has 1 unspecified atom stereocenters. The summed E-state index contributed by atoms with van der Waals surface area (Å²) < 4.78 is 4.71. The fourth-order valence-electron chi connectivity index (χ4n) is 0.589. The summed E-state index contributed by atoms with van der Waals surface area (Å²) in [6.45, 7) is 6.07. The predicted molar refractivity (Wildman–Crippen MR) is 45.2 cm³/mol. The van der Waals surface area contributed by atoms with Crippen LogP contribution in [0.15, 0.2) is 12.2 Å². The molecule has 0 N–H and O–H groups in total. The van der Waals surface area contributed by atoms with E-state index in [9.17, 15) is 4.79 Å². The van der Waals surface area contributed by atoms with Crippen molar-refractivity contribution in [2.75, 3.05) is 6.61 Å². The van der Waals surface area contributed by atoms with Crippen molar-refractivity contribution >= 4 is 5.97 Å². The second kappa shape index (κ2) is 5.96. The number of rotatable bonds is 4. The van der Waals surface area contributed by atoms with Gasteiger partial charge >= 0.3 is 5.97 Å². The number of carbonyl (C=O) groups is 1. The number of allylic oxidation sites excluding steroid dienone is 1. The lowest BCUT2D eigenvalue weighted by Crippen LogP contribution is -1.98. The van der Waals surface area contributed by atoms with E-state index in [4.69, 9.17) is 4.74 Å². The highest BCUT2D eigenvalue weighted by Gasteiger charge is 1.90. The average Bonchev–Trinajstić information content (AvgIpc) is 1.97. The minimum atomic E-state index is -0.223. The number of carbonyl (C=O) groups excluding carboxylic acids is 1. The van der Waals surface area contributed by atoms with Crippen LogP contribution in [0, 0.1) is 5.92 Å². The van der Waals surface area contributed by atoms with Gasteiger partial charge in [0.15, 0.2) is 0 Å². The van der Waals surface area contributed by atoms with Gasteiger partial charge in [-0.05, 0) is 5.92 Å². The summed E-state index contributed by atoms with van der Waals surface area (Å²) in [7, 11) is 0. The molecule has 0 saturated carbocycles. The molecule has 0 bridgehead atoms. The van der Waals surface area contributed by atoms with Crippen molar-refractivity contribution in [3.8, 4) is 0 Å². The molecule has 2 heteroatoms. The molecule has 2 nitrogen and oxygen atoms in total. The van der Waals surface area contributed by atoms with Crippen molar-refractivity contribution in [3.05, 3.63) is 12.2 Å². The Morgan fingerprint density at radius 3 is 2.73 bits per heavy atom. The first kappa shape index (κ1) is 10.2. The van der Waals surface area contributed by atoms with Crippen LogP contribution in [0.5, 0.6) is 0 Å². The molecule has 0 aliphatic heterocycles. The first-order valence-electron chi connectivity index (χ1n) is 3.96. The Balaban J connectivity index is 3.36. The van der Waals surface area contributed by atoms with Gasteiger partial charge in [-0.25, -0.2) is 0 Å². The Bertz CT molecular complexity index is 138. The van der Waals surface area contributed by atoms with E-state index in [0.717, 1.165) is 6.42 Å². The van der Waals surface area contributed by atoms with Crippen molar-refractivity contribution in [1.29, 1.82) is 0 Å². The van der Waals surface area contributed by atoms with E-state index in [-0.39, 0.29) is 5.97 Å². The Labute approximate surface area is 68.2 Å². The van der Waals surface area contributed by atoms with E-state index in [0.29, 0.717) is 12.5 Å². The first-order chi connectivity index (χ1) is 5.16. The molecule has 11 heavy (non-hydrogen) atoms. The van der Waals surface area contributed by atoms with Crippen LogP contribution in [0.25, 0.3) is 0 Å². The standard InChI is InChI=1S/C9H16O2/c1-4-8(2)6-5-7-11-9(3)10/h5-6,8H,4,7H2,1-3H3. The van der Waals surface area contributed by atoms with Crippen LogP contribution in [0.1, 0.15) is 27.2 Å². The molecule has 0 saturated heterocycles. The monoisotopic (exact) mass is 156 g/mol. The first-order valence-corrected chi connectivity index (χ1v) is 3.96. The summed E-state index contributed by atoms with van der Waals surface area (Å²) in [6, 6.07) is 0. The lowest BCUT2D eigenvalue weighted by molar-refractivity contribution is -0.139. The molecule has 0 fully saturated rings. The largest absolute Gasteiger partial charge is 0.462 e. The highest BCUT2D eigenvalue weighted by molar-refractivity contribution is 5.65. The quantitative estimate of drug-likeness (QED) is 0.460. The van der Waals surface area contributed by atoms with E-state index in [1.165, 1.54) is 6.92 Å². The molecule has 0 amide bonds. The molecule has 0 aliphatic carbocycles. The molecule has 0 rings (SSSR count). The molecule has 0 aliphatic rings. The molecule has 64 valence electrons. The van der Waals surface area contributed by atoms with Gasteiger partial charge in [-0.3, -0.25) is 4.79 Å². The molecule has 0 spiro atoms. The van der Waals surface area contributed by atoms with Gasteiger partial charge in [-0.1, -0.05) is 32.4 Å². The summed E-state index contributed by atoms with van der Waals surface area (Å²) >= 11 is 0.